The van der Waals surface area contributed by atoms with E-state index in [2.05, 4.69) is 15.4 Å². The van der Waals surface area contributed by atoms with Gasteiger partial charge in [0.05, 0.1) is 25.1 Å². The molecule has 156 valence electrons. The van der Waals surface area contributed by atoms with Crippen LogP contribution in [0.1, 0.15) is 49.3 Å². The topological polar surface area (TPSA) is 69.0 Å². The molecule has 4 rings (SSSR count). The average molecular weight is 405 g/mol. The molecule has 1 fully saturated rings. The summed E-state index contributed by atoms with van der Waals surface area (Å²) >= 11 is 0. The normalized spacial score (nSPS) is 15.8. The number of nitrogens with one attached hydrogen (secondary N) is 1. The molecule has 2 atom stereocenters. The molecular weight excluding hydrogens is 376 g/mol. The molecule has 6 nitrogen and oxygen atoms in total. The van der Waals surface area contributed by atoms with Crippen molar-refractivity contribution in [3.8, 4) is 5.75 Å². The van der Waals surface area contributed by atoms with E-state index in [0.717, 1.165) is 23.5 Å². The Morgan fingerprint density at radius 2 is 1.90 bits per heavy atom. The molecule has 1 amide bonds. The lowest BCUT2D eigenvalue weighted by Crippen LogP contribution is -2.34. The number of rotatable bonds is 9. The summed E-state index contributed by atoms with van der Waals surface area (Å²) in [5.74, 6) is 1.31. The minimum absolute atomic E-state index is 0.0170. The summed E-state index contributed by atoms with van der Waals surface area (Å²) in [6, 6.07) is 17.6. The van der Waals surface area contributed by atoms with Crippen LogP contribution in [0.15, 0.2) is 67.3 Å². The van der Waals surface area contributed by atoms with E-state index in [1.807, 2.05) is 61.5 Å². The molecule has 1 heterocycles. The number of carbonyl (C=O) groups excluding carboxylic acids is 1. The van der Waals surface area contributed by atoms with Crippen molar-refractivity contribution in [2.45, 2.75) is 44.7 Å². The van der Waals surface area contributed by atoms with Gasteiger partial charge in [-0.15, -0.1) is 0 Å². The SMILES string of the molecule is C[C@H](C(=O)N[C@@H](Cn1cncn1)c1ccc(OCC2CCC2)cc1)c1ccccc1. The summed E-state index contributed by atoms with van der Waals surface area (Å²) in [5.41, 5.74) is 2.00. The summed E-state index contributed by atoms with van der Waals surface area (Å²) in [7, 11) is 0. The summed E-state index contributed by atoms with van der Waals surface area (Å²) in [4.78, 5) is 17.0. The summed E-state index contributed by atoms with van der Waals surface area (Å²) in [5, 5.41) is 7.39. The first-order valence-electron chi connectivity index (χ1n) is 10.6. The zero-order valence-corrected chi connectivity index (χ0v) is 17.3. The van der Waals surface area contributed by atoms with E-state index in [0.29, 0.717) is 12.5 Å². The van der Waals surface area contributed by atoms with Gasteiger partial charge >= 0.3 is 0 Å². The Labute approximate surface area is 177 Å². The Kier molecular flexibility index (Phi) is 6.42. The molecule has 6 heteroatoms. The van der Waals surface area contributed by atoms with Gasteiger partial charge in [-0.05, 0) is 48.9 Å². The second kappa shape index (κ2) is 9.57. The van der Waals surface area contributed by atoms with Gasteiger partial charge in [-0.2, -0.15) is 5.10 Å². The molecule has 0 radical (unpaired) electrons. The van der Waals surface area contributed by atoms with Crippen LogP contribution in [0, 0.1) is 5.92 Å². The number of carbonyl (C=O) groups is 1. The van der Waals surface area contributed by atoms with E-state index >= 15 is 0 Å². The Balaban J connectivity index is 1.45. The quantitative estimate of drug-likeness (QED) is 0.582. The number of hydrogen-bond donors (Lipinski definition) is 1. The molecule has 0 spiro atoms. The Morgan fingerprint density at radius 3 is 2.53 bits per heavy atom. The van der Waals surface area contributed by atoms with Crippen LogP contribution in [-0.2, 0) is 11.3 Å². The smallest absolute Gasteiger partial charge is 0.227 e. The molecule has 0 saturated heterocycles. The van der Waals surface area contributed by atoms with Crippen molar-refractivity contribution in [1.29, 1.82) is 0 Å². The van der Waals surface area contributed by atoms with E-state index in [1.165, 1.54) is 25.6 Å². The largest absolute Gasteiger partial charge is 0.493 e. The van der Waals surface area contributed by atoms with Crippen molar-refractivity contribution in [3.63, 3.8) is 0 Å². The van der Waals surface area contributed by atoms with Crippen LogP contribution in [0.3, 0.4) is 0 Å². The highest BCUT2D eigenvalue weighted by atomic mass is 16.5. The molecule has 1 N–H and O–H groups in total. The van der Waals surface area contributed by atoms with Gasteiger partial charge in [-0.25, -0.2) is 4.98 Å². The van der Waals surface area contributed by atoms with Crippen LogP contribution in [0.25, 0.3) is 0 Å². The zero-order valence-electron chi connectivity index (χ0n) is 17.3. The summed E-state index contributed by atoms with van der Waals surface area (Å²) in [6.07, 6.45) is 7.02. The lowest BCUT2D eigenvalue weighted by Gasteiger charge is -2.25. The standard InChI is InChI=1S/C24H28N4O2/c1-18(20-8-3-2-4-9-20)24(29)27-23(14-28-17-25-16-26-28)21-10-12-22(13-11-21)30-15-19-6-5-7-19/h2-4,8-13,16-19,23H,5-7,14-15H2,1H3,(H,27,29)/t18-,23-/m0/s1. The molecule has 30 heavy (non-hydrogen) atoms. The second-order valence-electron chi connectivity index (χ2n) is 7.99. The molecular formula is C24H28N4O2. The maximum absolute atomic E-state index is 13.0. The van der Waals surface area contributed by atoms with Gasteiger partial charge in [0.2, 0.25) is 5.91 Å². The number of amides is 1. The molecule has 0 unspecified atom stereocenters. The van der Waals surface area contributed by atoms with Crippen molar-refractivity contribution >= 4 is 5.91 Å². The maximum Gasteiger partial charge on any atom is 0.227 e. The molecule has 3 aromatic rings. The molecule has 0 bridgehead atoms. The van der Waals surface area contributed by atoms with E-state index in [1.54, 1.807) is 11.0 Å². The third kappa shape index (κ3) is 5.06. The van der Waals surface area contributed by atoms with Crippen molar-refractivity contribution < 1.29 is 9.53 Å². The van der Waals surface area contributed by atoms with E-state index in [4.69, 9.17) is 4.74 Å². The Hall–Kier alpha value is -3.15. The minimum atomic E-state index is -0.241. The Morgan fingerprint density at radius 1 is 1.13 bits per heavy atom. The zero-order chi connectivity index (χ0) is 20.8. The van der Waals surface area contributed by atoms with Crippen molar-refractivity contribution in [3.05, 3.63) is 78.4 Å². The van der Waals surface area contributed by atoms with Crippen molar-refractivity contribution in [2.75, 3.05) is 6.61 Å². The highest BCUT2D eigenvalue weighted by molar-refractivity contribution is 5.83. The van der Waals surface area contributed by atoms with Crippen LogP contribution in [0.5, 0.6) is 5.75 Å². The Bertz CT molecular complexity index is 922. The minimum Gasteiger partial charge on any atom is -0.493 e. The van der Waals surface area contributed by atoms with Crippen LogP contribution < -0.4 is 10.1 Å². The molecule has 1 saturated carbocycles. The average Bonchev–Trinajstić information content (AvgIpc) is 3.26. The lowest BCUT2D eigenvalue weighted by atomic mass is 9.86. The van der Waals surface area contributed by atoms with Crippen LogP contribution >= 0.6 is 0 Å². The van der Waals surface area contributed by atoms with Crippen LogP contribution in [0.4, 0.5) is 0 Å². The summed E-state index contributed by atoms with van der Waals surface area (Å²) in [6.45, 7) is 3.22. The first kappa shape index (κ1) is 20.1. The van der Waals surface area contributed by atoms with Gasteiger partial charge in [0.15, 0.2) is 0 Å². The van der Waals surface area contributed by atoms with E-state index in [-0.39, 0.29) is 17.9 Å². The molecule has 1 aliphatic rings. The van der Waals surface area contributed by atoms with Gasteiger partial charge in [-0.3, -0.25) is 9.48 Å². The molecule has 0 aliphatic heterocycles. The number of benzene rings is 2. The summed E-state index contributed by atoms with van der Waals surface area (Å²) < 4.78 is 7.65. The third-order valence-corrected chi connectivity index (χ3v) is 5.84. The van der Waals surface area contributed by atoms with Gasteiger partial charge in [-0.1, -0.05) is 48.9 Å². The number of aromatic nitrogens is 3. The molecule has 2 aromatic carbocycles. The van der Waals surface area contributed by atoms with Crippen LogP contribution in [-0.4, -0.2) is 27.3 Å². The highest BCUT2D eigenvalue weighted by Gasteiger charge is 2.21. The maximum atomic E-state index is 13.0. The first-order valence-corrected chi connectivity index (χ1v) is 10.6. The fourth-order valence-electron chi connectivity index (χ4n) is 3.61. The number of hydrogen-bond acceptors (Lipinski definition) is 4. The second-order valence-corrected chi connectivity index (χ2v) is 7.99. The highest BCUT2D eigenvalue weighted by Crippen LogP contribution is 2.28. The van der Waals surface area contributed by atoms with Crippen molar-refractivity contribution in [2.24, 2.45) is 5.92 Å². The van der Waals surface area contributed by atoms with Crippen molar-refractivity contribution in [1.82, 2.24) is 20.1 Å². The predicted molar refractivity (Wildman–Crippen MR) is 115 cm³/mol. The van der Waals surface area contributed by atoms with Gasteiger partial charge < -0.3 is 10.1 Å². The molecule has 1 aliphatic carbocycles. The van der Waals surface area contributed by atoms with Crippen LogP contribution in [0.2, 0.25) is 0 Å². The van der Waals surface area contributed by atoms with Gasteiger partial charge in [0.1, 0.15) is 18.4 Å². The fraction of sp³-hybridized carbons (Fsp3) is 0.375. The predicted octanol–water partition coefficient (Wildman–Crippen LogP) is 4.12. The van der Waals surface area contributed by atoms with Gasteiger partial charge in [0, 0.05) is 0 Å². The first-order chi connectivity index (χ1) is 14.7. The lowest BCUT2D eigenvalue weighted by molar-refractivity contribution is -0.123. The molecule has 1 aromatic heterocycles. The van der Waals surface area contributed by atoms with E-state index in [9.17, 15) is 4.79 Å². The van der Waals surface area contributed by atoms with Gasteiger partial charge in [0.25, 0.3) is 0 Å². The number of ether oxygens (including phenoxy) is 1. The third-order valence-electron chi connectivity index (χ3n) is 5.84. The fourth-order valence-corrected chi connectivity index (χ4v) is 3.61. The number of nitrogens with zero attached hydrogens (tertiary/aromatic N) is 3. The van der Waals surface area contributed by atoms with E-state index < -0.39 is 0 Å². The monoisotopic (exact) mass is 404 g/mol.